The van der Waals surface area contributed by atoms with E-state index in [9.17, 15) is 26.9 Å². The van der Waals surface area contributed by atoms with Crippen LogP contribution in [0, 0.1) is 5.82 Å². The highest BCUT2D eigenvalue weighted by molar-refractivity contribution is 7.54. The Bertz CT molecular complexity index is 593. The lowest BCUT2D eigenvalue weighted by Crippen LogP contribution is -2.18. The van der Waals surface area contributed by atoms with E-state index in [1.807, 2.05) is 0 Å². The number of alkyl halides is 3. The molecule has 0 radical (unpaired) electrons. The largest absolute Gasteiger partial charge is 0.425 e. The summed E-state index contributed by atoms with van der Waals surface area (Å²) in [4.78, 5) is 11.7. The van der Waals surface area contributed by atoms with Gasteiger partial charge in [0, 0.05) is 6.07 Å². The summed E-state index contributed by atoms with van der Waals surface area (Å²) in [5, 5.41) is 0. The highest BCUT2D eigenvalue weighted by Crippen LogP contribution is 2.48. The second-order valence-corrected chi connectivity index (χ2v) is 6.27. The Hall–Kier alpha value is -1.44. The number of esters is 1. The van der Waals surface area contributed by atoms with Gasteiger partial charge in [0.05, 0.1) is 18.8 Å². The second kappa shape index (κ2) is 7.90. The minimum absolute atomic E-state index is 0.0294. The van der Waals surface area contributed by atoms with Crippen molar-refractivity contribution in [3.63, 3.8) is 0 Å². The van der Waals surface area contributed by atoms with E-state index in [1.54, 1.807) is 0 Å². The predicted molar refractivity (Wildman–Crippen MR) is 72.8 cm³/mol. The molecule has 0 aliphatic rings. The van der Waals surface area contributed by atoms with Crippen LogP contribution in [0.1, 0.15) is 19.4 Å². The van der Waals surface area contributed by atoms with Crippen molar-refractivity contribution in [1.29, 1.82) is 0 Å². The Morgan fingerprint density at radius 3 is 2.22 bits per heavy atom. The Morgan fingerprint density at radius 2 is 1.74 bits per heavy atom. The molecule has 1 rings (SSSR count). The molecule has 1 aromatic carbocycles. The van der Waals surface area contributed by atoms with Gasteiger partial charge < -0.3 is 13.8 Å². The molecule has 0 N–H and O–H groups in total. The SMILES string of the molecule is CCOP(=O)(CC(=O)Oc1cc(F)ccc1C(F)(F)F)OCC. The minimum atomic E-state index is -4.84. The van der Waals surface area contributed by atoms with Crippen molar-refractivity contribution in [3.05, 3.63) is 29.6 Å². The van der Waals surface area contributed by atoms with Crippen molar-refractivity contribution in [2.24, 2.45) is 0 Å². The molecular weight excluding hydrogens is 343 g/mol. The Kier molecular flexibility index (Phi) is 6.73. The van der Waals surface area contributed by atoms with Crippen molar-refractivity contribution >= 4 is 13.6 Å². The van der Waals surface area contributed by atoms with Gasteiger partial charge >= 0.3 is 19.7 Å². The fourth-order valence-electron chi connectivity index (χ4n) is 1.65. The van der Waals surface area contributed by atoms with Crippen LogP contribution in [0.25, 0.3) is 0 Å². The fourth-order valence-corrected chi connectivity index (χ4v) is 3.07. The average Bonchev–Trinajstić information content (AvgIpc) is 2.36. The van der Waals surface area contributed by atoms with E-state index in [2.05, 4.69) is 4.74 Å². The maximum atomic E-state index is 13.1. The average molecular weight is 358 g/mol. The molecule has 130 valence electrons. The van der Waals surface area contributed by atoms with Gasteiger partial charge in [-0.05, 0) is 26.0 Å². The van der Waals surface area contributed by atoms with Crippen molar-refractivity contribution in [2.45, 2.75) is 20.0 Å². The summed E-state index contributed by atoms with van der Waals surface area (Å²) in [5.74, 6) is -3.31. The lowest BCUT2D eigenvalue weighted by atomic mass is 10.2. The first-order valence-corrected chi connectivity index (χ1v) is 8.29. The molecule has 0 saturated heterocycles. The summed E-state index contributed by atoms with van der Waals surface area (Å²) in [6, 6.07) is 1.46. The first-order chi connectivity index (χ1) is 10.6. The predicted octanol–water partition coefficient (Wildman–Crippen LogP) is 4.02. The highest BCUT2D eigenvalue weighted by atomic mass is 31.2. The van der Waals surface area contributed by atoms with Crippen LogP contribution in [0.5, 0.6) is 5.75 Å². The molecular formula is C13H15F4O5P. The Labute approximate surface area is 130 Å². The summed E-state index contributed by atoms with van der Waals surface area (Å²) in [6.45, 7) is 2.95. The minimum Gasteiger partial charge on any atom is -0.425 e. The van der Waals surface area contributed by atoms with Gasteiger partial charge in [0.15, 0.2) is 0 Å². The van der Waals surface area contributed by atoms with Gasteiger partial charge in [-0.25, -0.2) is 4.39 Å². The van der Waals surface area contributed by atoms with Crippen LogP contribution in [-0.4, -0.2) is 25.3 Å². The van der Waals surface area contributed by atoms with Gasteiger partial charge in [-0.2, -0.15) is 13.2 Å². The van der Waals surface area contributed by atoms with Gasteiger partial charge in [0.25, 0.3) is 0 Å². The molecule has 0 aliphatic carbocycles. The smallest absolute Gasteiger partial charge is 0.419 e. The molecule has 0 fully saturated rings. The normalized spacial score (nSPS) is 12.3. The molecule has 23 heavy (non-hydrogen) atoms. The van der Waals surface area contributed by atoms with Crippen molar-refractivity contribution in [2.75, 3.05) is 19.4 Å². The number of benzene rings is 1. The van der Waals surface area contributed by atoms with Gasteiger partial charge in [-0.3, -0.25) is 9.36 Å². The van der Waals surface area contributed by atoms with Crippen LogP contribution < -0.4 is 4.74 Å². The summed E-state index contributed by atoms with van der Waals surface area (Å²) >= 11 is 0. The van der Waals surface area contributed by atoms with E-state index in [0.717, 1.165) is 0 Å². The molecule has 0 atom stereocenters. The third-order valence-corrected chi connectivity index (χ3v) is 4.40. The van der Waals surface area contributed by atoms with E-state index < -0.39 is 43.0 Å². The number of carbonyl (C=O) groups excluding carboxylic acids is 1. The third kappa shape index (κ3) is 5.93. The first-order valence-electron chi connectivity index (χ1n) is 6.57. The number of rotatable bonds is 7. The Morgan fingerprint density at radius 1 is 1.17 bits per heavy atom. The first kappa shape index (κ1) is 19.6. The van der Waals surface area contributed by atoms with Crippen LogP contribution in [0.2, 0.25) is 0 Å². The van der Waals surface area contributed by atoms with E-state index in [0.29, 0.717) is 18.2 Å². The van der Waals surface area contributed by atoms with Crippen molar-refractivity contribution in [3.8, 4) is 5.75 Å². The van der Waals surface area contributed by atoms with Crippen LogP contribution in [-0.2, 0) is 24.6 Å². The zero-order valence-corrected chi connectivity index (χ0v) is 13.2. The topological polar surface area (TPSA) is 61.8 Å². The lowest BCUT2D eigenvalue weighted by Gasteiger charge is -2.17. The third-order valence-electron chi connectivity index (χ3n) is 2.45. The van der Waals surface area contributed by atoms with E-state index in [1.165, 1.54) is 13.8 Å². The molecule has 0 unspecified atom stereocenters. The zero-order chi connectivity index (χ0) is 17.7. The number of halogens is 4. The molecule has 1 aromatic rings. The van der Waals surface area contributed by atoms with Crippen LogP contribution in [0.4, 0.5) is 17.6 Å². The highest BCUT2D eigenvalue weighted by Gasteiger charge is 2.36. The summed E-state index contributed by atoms with van der Waals surface area (Å²) in [5.41, 5.74) is -1.32. The monoisotopic (exact) mass is 358 g/mol. The Balaban J connectivity index is 2.97. The lowest BCUT2D eigenvalue weighted by molar-refractivity contribution is -0.141. The fraction of sp³-hybridized carbons (Fsp3) is 0.462. The molecule has 0 aliphatic heterocycles. The van der Waals surface area contributed by atoms with Crippen LogP contribution in [0.3, 0.4) is 0 Å². The summed E-state index contributed by atoms with van der Waals surface area (Å²) in [6.07, 6.45) is -5.73. The summed E-state index contributed by atoms with van der Waals surface area (Å²) < 4.78 is 77.8. The molecule has 0 amide bonds. The van der Waals surface area contributed by atoms with E-state index in [-0.39, 0.29) is 13.2 Å². The number of ether oxygens (including phenoxy) is 1. The second-order valence-electron chi connectivity index (χ2n) is 4.22. The van der Waals surface area contributed by atoms with Gasteiger partial charge in [-0.1, -0.05) is 0 Å². The molecule has 5 nitrogen and oxygen atoms in total. The van der Waals surface area contributed by atoms with Gasteiger partial charge in [0.1, 0.15) is 17.7 Å². The molecule has 0 heterocycles. The maximum Gasteiger partial charge on any atom is 0.419 e. The van der Waals surface area contributed by atoms with Gasteiger partial charge in [0.2, 0.25) is 0 Å². The van der Waals surface area contributed by atoms with E-state index in [4.69, 9.17) is 9.05 Å². The molecule has 0 saturated carbocycles. The molecule has 10 heteroatoms. The number of carbonyl (C=O) groups is 1. The zero-order valence-electron chi connectivity index (χ0n) is 12.4. The maximum absolute atomic E-state index is 13.1. The van der Waals surface area contributed by atoms with Crippen molar-refractivity contribution in [1.82, 2.24) is 0 Å². The molecule has 0 spiro atoms. The van der Waals surface area contributed by atoms with Gasteiger partial charge in [-0.15, -0.1) is 0 Å². The number of hydrogen-bond acceptors (Lipinski definition) is 5. The van der Waals surface area contributed by atoms with Crippen LogP contribution in [0.15, 0.2) is 18.2 Å². The molecule has 0 bridgehead atoms. The summed E-state index contributed by atoms with van der Waals surface area (Å²) in [7, 11) is -3.83. The number of hydrogen-bond donors (Lipinski definition) is 0. The van der Waals surface area contributed by atoms with E-state index >= 15 is 0 Å². The van der Waals surface area contributed by atoms with Crippen LogP contribution >= 0.6 is 7.60 Å². The van der Waals surface area contributed by atoms with Crippen molar-refractivity contribution < 1.29 is 40.7 Å². The molecule has 0 aromatic heterocycles. The quantitative estimate of drug-likeness (QED) is 0.319. The standard InChI is InChI=1S/C13H15F4O5P/c1-3-20-23(19,21-4-2)8-12(18)22-11-7-9(14)5-6-10(11)13(15,16)17/h5-7H,3-4,8H2,1-2H3.